The van der Waals surface area contributed by atoms with Crippen molar-refractivity contribution in [3.8, 4) is 0 Å². The van der Waals surface area contributed by atoms with Crippen LogP contribution in [0.2, 0.25) is 0 Å². The molecule has 0 atom stereocenters. The first-order chi connectivity index (χ1) is 13.0. The van der Waals surface area contributed by atoms with Crippen LogP contribution in [0.3, 0.4) is 0 Å². The molecule has 2 aromatic carbocycles. The van der Waals surface area contributed by atoms with E-state index in [0.29, 0.717) is 5.56 Å². The molecule has 28 heavy (non-hydrogen) atoms. The van der Waals surface area contributed by atoms with Crippen molar-refractivity contribution in [2.24, 2.45) is 0 Å². The third-order valence-electron chi connectivity index (χ3n) is 4.12. The highest BCUT2D eigenvalue weighted by Crippen LogP contribution is 2.31. The highest BCUT2D eigenvalue weighted by molar-refractivity contribution is 5.91. The molecular weight excluding hydrogens is 371 g/mol. The minimum Gasteiger partial charge on any atom is -0.452 e. The summed E-state index contributed by atoms with van der Waals surface area (Å²) in [5, 5.41) is 2.33. The highest BCUT2D eigenvalue weighted by Gasteiger charge is 2.32. The first-order valence-corrected chi connectivity index (χ1v) is 8.68. The zero-order valence-corrected chi connectivity index (χ0v) is 15.9. The van der Waals surface area contributed by atoms with Gasteiger partial charge in [0.05, 0.1) is 11.1 Å². The van der Waals surface area contributed by atoms with Crippen molar-refractivity contribution in [3.05, 3.63) is 70.8 Å². The molecule has 0 aliphatic carbocycles. The van der Waals surface area contributed by atoms with Gasteiger partial charge in [-0.15, -0.1) is 0 Å². The smallest absolute Gasteiger partial charge is 0.416 e. The van der Waals surface area contributed by atoms with Crippen LogP contribution in [0.1, 0.15) is 47.8 Å². The Labute approximate surface area is 161 Å². The minimum absolute atomic E-state index is 0.0605. The Morgan fingerprint density at radius 3 is 2.14 bits per heavy atom. The number of rotatable bonds is 5. The summed E-state index contributed by atoms with van der Waals surface area (Å²) in [6.45, 7) is 5.24. The van der Waals surface area contributed by atoms with Crippen LogP contribution in [-0.4, -0.2) is 18.5 Å². The van der Waals surface area contributed by atoms with Crippen molar-refractivity contribution >= 4 is 11.9 Å². The molecule has 2 aromatic rings. The van der Waals surface area contributed by atoms with Crippen LogP contribution < -0.4 is 5.32 Å². The van der Waals surface area contributed by atoms with Gasteiger partial charge in [-0.25, -0.2) is 4.79 Å². The summed E-state index contributed by atoms with van der Waals surface area (Å²) in [7, 11) is 0. The van der Waals surface area contributed by atoms with Gasteiger partial charge in [-0.2, -0.15) is 13.2 Å². The molecule has 0 saturated carbocycles. The van der Waals surface area contributed by atoms with Crippen LogP contribution in [-0.2, 0) is 27.7 Å². The maximum absolute atomic E-state index is 12.9. The molecule has 0 unspecified atom stereocenters. The summed E-state index contributed by atoms with van der Waals surface area (Å²) >= 11 is 0. The Hall–Kier alpha value is -2.83. The highest BCUT2D eigenvalue weighted by atomic mass is 19.4. The number of nitrogens with one attached hydrogen (secondary N) is 1. The standard InChI is InChI=1S/C21H22F3NO3/c1-20(2,3)16-10-8-14(9-11-16)19(27)28-13-18(26)25-12-15-6-4-5-7-17(15)21(22,23)24/h4-11H,12-13H2,1-3H3,(H,25,26). The summed E-state index contributed by atoms with van der Waals surface area (Å²) in [5.41, 5.74) is 0.404. The average molecular weight is 393 g/mol. The number of hydrogen-bond acceptors (Lipinski definition) is 3. The van der Waals surface area contributed by atoms with Crippen molar-refractivity contribution in [3.63, 3.8) is 0 Å². The van der Waals surface area contributed by atoms with Gasteiger partial charge in [-0.1, -0.05) is 51.1 Å². The number of halogens is 3. The lowest BCUT2D eigenvalue weighted by atomic mass is 9.87. The third kappa shape index (κ3) is 5.84. The van der Waals surface area contributed by atoms with Gasteiger partial charge < -0.3 is 10.1 Å². The van der Waals surface area contributed by atoms with E-state index in [1.807, 2.05) is 32.9 Å². The zero-order chi connectivity index (χ0) is 20.9. The molecular formula is C21H22F3NO3. The summed E-state index contributed by atoms with van der Waals surface area (Å²) in [6.07, 6.45) is -4.51. The topological polar surface area (TPSA) is 55.4 Å². The lowest BCUT2D eigenvalue weighted by Gasteiger charge is -2.18. The fourth-order valence-electron chi connectivity index (χ4n) is 2.52. The number of esters is 1. The average Bonchev–Trinajstić information content (AvgIpc) is 2.63. The fourth-order valence-corrected chi connectivity index (χ4v) is 2.52. The summed E-state index contributed by atoms with van der Waals surface area (Å²) in [5.74, 6) is -1.36. The predicted octanol–water partition coefficient (Wildman–Crippen LogP) is 4.48. The van der Waals surface area contributed by atoms with Crippen LogP contribution in [0.25, 0.3) is 0 Å². The second kappa shape index (κ2) is 8.46. The second-order valence-corrected chi connectivity index (χ2v) is 7.34. The van der Waals surface area contributed by atoms with Crippen LogP contribution in [0.5, 0.6) is 0 Å². The van der Waals surface area contributed by atoms with Gasteiger partial charge in [-0.3, -0.25) is 4.79 Å². The number of carbonyl (C=O) groups excluding carboxylic acids is 2. The van der Waals surface area contributed by atoms with E-state index in [2.05, 4.69) is 5.32 Å². The van der Waals surface area contributed by atoms with Crippen LogP contribution in [0, 0.1) is 0 Å². The normalized spacial score (nSPS) is 11.8. The molecule has 0 aromatic heterocycles. The Bertz CT molecular complexity index is 837. The van der Waals surface area contributed by atoms with Crippen LogP contribution in [0.15, 0.2) is 48.5 Å². The number of benzene rings is 2. The molecule has 0 aliphatic rings. The molecule has 0 aliphatic heterocycles. The maximum atomic E-state index is 12.9. The van der Waals surface area contributed by atoms with E-state index in [4.69, 9.17) is 4.74 Å². The van der Waals surface area contributed by atoms with Gasteiger partial charge in [0.15, 0.2) is 6.61 Å². The van der Waals surface area contributed by atoms with E-state index in [-0.39, 0.29) is 17.5 Å². The third-order valence-corrected chi connectivity index (χ3v) is 4.12. The molecule has 7 heteroatoms. The molecule has 1 N–H and O–H groups in total. The summed E-state index contributed by atoms with van der Waals surface area (Å²) in [4.78, 5) is 23.8. The SMILES string of the molecule is CC(C)(C)c1ccc(C(=O)OCC(=O)NCc2ccccc2C(F)(F)F)cc1. The second-order valence-electron chi connectivity index (χ2n) is 7.34. The fraction of sp³-hybridized carbons (Fsp3) is 0.333. The predicted molar refractivity (Wildman–Crippen MR) is 98.7 cm³/mol. The zero-order valence-electron chi connectivity index (χ0n) is 15.9. The number of hydrogen-bond donors (Lipinski definition) is 1. The number of amides is 1. The van der Waals surface area contributed by atoms with Gasteiger partial charge in [0.1, 0.15) is 0 Å². The van der Waals surface area contributed by atoms with E-state index in [0.717, 1.165) is 11.6 Å². The molecule has 0 saturated heterocycles. The van der Waals surface area contributed by atoms with Gasteiger partial charge in [-0.05, 0) is 34.7 Å². The van der Waals surface area contributed by atoms with E-state index in [1.54, 1.807) is 12.1 Å². The van der Waals surface area contributed by atoms with Crippen molar-refractivity contribution in [2.45, 2.75) is 38.9 Å². The van der Waals surface area contributed by atoms with Gasteiger partial charge >= 0.3 is 12.1 Å². The summed E-state index contributed by atoms with van der Waals surface area (Å²) in [6, 6.07) is 11.8. The van der Waals surface area contributed by atoms with E-state index in [9.17, 15) is 22.8 Å². The number of ether oxygens (including phenoxy) is 1. The first-order valence-electron chi connectivity index (χ1n) is 8.68. The molecule has 0 spiro atoms. The Balaban J connectivity index is 1.89. The first kappa shape index (κ1) is 21.5. The van der Waals surface area contributed by atoms with Crippen molar-refractivity contribution in [1.29, 1.82) is 0 Å². The largest absolute Gasteiger partial charge is 0.452 e. The lowest BCUT2D eigenvalue weighted by molar-refractivity contribution is -0.138. The Morgan fingerprint density at radius 1 is 0.964 bits per heavy atom. The van der Waals surface area contributed by atoms with Gasteiger partial charge in [0, 0.05) is 6.54 Å². The van der Waals surface area contributed by atoms with Crippen molar-refractivity contribution in [1.82, 2.24) is 5.32 Å². The van der Waals surface area contributed by atoms with E-state index < -0.39 is 30.2 Å². The van der Waals surface area contributed by atoms with E-state index in [1.165, 1.54) is 18.2 Å². The molecule has 0 fully saturated rings. The van der Waals surface area contributed by atoms with Gasteiger partial charge in [0.2, 0.25) is 0 Å². The van der Waals surface area contributed by atoms with Crippen LogP contribution in [0.4, 0.5) is 13.2 Å². The van der Waals surface area contributed by atoms with Crippen LogP contribution >= 0.6 is 0 Å². The molecule has 2 rings (SSSR count). The number of alkyl halides is 3. The van der Waals surface area contributed by atoms with Gasteiger partial charge in [0.25, 0.3) is 5.91 Å². The minimum atomic E-state index is -4.51. The monoisotopic (exact) mass is 393 g/mol. The lowest BCUT2D eigenvalue weighted by Crippen LogP contribution is -2.29. The molecule has 0 heterocycles. The van der Waals surface area contributed by atoms with Crippen molar-refractivity contribution in [2.75, 3.05) is 6.61 Å². The maximum Gasteiger partial charge on any atom is 0.416 e. The Kier molecular flexibility index (Phi) is 6.48. The Morgan fingerprint density at radius 2 is 1.57 bits per heavy atom. The molecule has 150 valence electrons. The van der Waals surface area contributed by atoms with E-state index >= 15 is 0 Å². The molecule has 0 radical (unpaired) electrons. The quantitative estimate of drug-likeness (QED) is 0.763. The molecule has 4 nitrogen and oxygen atoms in total. The summed E-state index contributed by atoms with van der Waals surface area (Å²) < 4.78 is 43.7. The molecule has 1 amide bonds. The number of carbonyl (C=O) groups is 2. The molecule has 0 bridgehead atoms. The van der Waals surface area contributed by atoms with Crippen molar-refractivity contribution < 1.29 is 27.5 Å².